The lowest BCUT2D eigenvalue weighted by molar-refractivity contribution is 0.953. The summed E-state index contributed by atoms with van der Waals surface area (Å²) in [6.07, 6.45) is 2.05. The Balaban J connectivity index is 1.20. The Kier molecular flexibility index (Phi) is 6.02. The molecule has 0 amide bonds. The number of hydrogen-bond acceptors (Lipinski definition) is 5. The normalized spacial score (nSPS) is 11.9. The van der Waals surface area contributed by atoms with Crippen LogP contribution in [0.4, 0.5) is 0 Å². The maximum Gasteiger partial charge on any atom is 0.238 e. The van der Waals surface area contributed by atoms with Crippen LogP contribution in [-0.4, -0.2) is 29.1 Å². The predicted molar refractivity (Wildman–Crippen MR) is 210 cm³/mol. The Bertz CT molecular complexity index is 3080. The van der Waals surface area contributed by atoms with E-state index in [0.717, 1.165) is 60.6 Å². The van der Waals surface area contributed by atoms with Crippen molar-refractivity contribution in [3.05, 3.63) is 158 Å². The SMILES string of the molecule is c1ccc(-c2nc(-c3ccccc3)nc(-n3c4ccccc4c4cc(-n5c6ccccc6c6ncc7c8ccccc8sc7c65)ccc43)n2)cc1. The first kappa shape index (κ1) is 28.2. The zero-order valence-corrected chi connectivity index (χ0v) is 27.9. The lowest BCUT2D eigenvalue weighted by Gasteiger charge is -2.11. The fourth-order valence-electron chi connectivity index (χ4n) is 7.54. The Hall–Kier alpha value is -6.70. The van der Waals surface area contributed by atoms with Gasteiger partial charge >= 0.3 is 0 Å². The van der Waals surface area contributed by atoms with Crippen LogP contribution >= 0.6 is 11.3 Å². The maximum atomic E-state index is 5.11. The molecule has 7 heteroatoms. The van der Waals surface area contributed by atoms with Gasteiger partial charge in [0.15, 0.2) is 11.6 Å². The Morgan fingerprint density at radius 3 is 1.76 bits per heavy atom. The van der Waals surface area contributed by atoms with Crippen molar-refractivity contribution in [2.45, 2.75) is 0 Å². The molecule has 0 atom stereocenters. The van der Waals surface area contributed by atoms with Crippen LogP contribution in [0.1, 0.15) is 0 Å². The van der Waals surface area contributed by atoms with E-state index in [-0.39, 0.29) is 0 Å². The molecule has 51 heavy (non-hydrogen) atoms. The zero-order valence-electron chi connectivity index (χ0n) is 27.1. The lowest BCUT2D eigenvalue weighted by Crippen LogP contribution is -2.06. The fourth-order valence-corrected chi connectivity index (χ4v) is 8.75. The topological polar surface area (TPSA) is 61.4 Å². The molecule has 6 aromatic carbocycles. The van der Waals surface area contributed by atoms with Gasteiger partial charge in [0, 0.05) is 54.6 Å². The Morgan fingerprint density at radius 1 is 0.451 bits per heavy atom. The van der Waals surface area contributed by atoms with Crippen LogP contribution in [0, 0.1) is 0 Å². The molecule has 6 nitrogen and oxygen atoms in total. The minimum atomic E-state index is 0.578. The summed E-state index contributed by atoms with van der Waals surface area (Å²) in [6, 6.07) is 52.7. The highest BCUT2D eigenvalue weighted by atomic mass is 32.1. The highest BCUT2D eigenvalue weighted by molar-refractivity contribution is 7.26. The molecule has 0 saturated heterocycles. The molecule has 0 bridgehead atoms. The van der Waals surface area contributed by atoms with Gasteiger partial charge in [0.05, 0.1) is 32.3 Å². The second-order valence-corrected chi connectivity index (χ2v) is 13.8. The maximum absolute atomic E-state index is 5.11. The molecule has 0 radical (unpaired) electrons. The van der Waals surface area contributed by atoms with E-state index in [9.17, 15) is 0 Å². The third-order valence-corrected chi connectivity index (χ3v) is 11.0. The largest absolute Gasteiger partial charge is 0.306 e. The van der Waals surface area contributed by atoms with Gasteiger partial charge in [-0.1, -0.05) is 115 Å². The molecule has 0 N–H and O–H groups in total. The third-order valence-electron chi connectivity index (χ3n) is 9.82. The van der Waals surface area contributed by atoms with Gasteiger partial charge in [-0.25, -0.2) is 4.98 Å². The van der Waals surface area contributed by atoms with Crippen LogP contribution < -0.4 is 0 Å². The summed E-state index contributed by atoms with van der Waals surface area (Å²) >= 11 is 1.83. The van der Waals surface area contributed by atoms with Crippen LogP contribution in [0.25, 0.3) is 98.3 Å². The molecule has 238 valence electrons. The number of benzene rings is 6. The number of thiophene rings is 1. The van der Waals surface area contributed by atoms with Crippen LogP contribution in [0.3, 0.4) is 0 Å². The van der Waals surface area contributed by atoms with Crippen LogP contribution in [-0.2, 0) is 0 Å². The smallest absolute Gasteiger partial charge is 0.238 e. The minimum Gasteiger partial charge on any atom is -0.306 e. The zero-order chi connectivity index (χ0) is 33.5. The minimum absolute atomic E-state index is 0.578. The highest BCUT2D eigenvalue weighted by Crippen LogP contribution is 2.42. The van der Waals surface area contributed by atoms with Gasteiger partial charge in [0.2, 0.25) is 5.95 Å². The quantitative estimate of drug-likeness (QED) is 0.187. The van der Waals surface area contributed by atoms with E-state index >= 15 is 0 Å². The number of para-hydroxylation sites is 2. The van der Waals surface area contributed by atoms with Gasteiger partial charge in [-0.3, -0.25) is 9.55 Å². The van der Waals surface area contributed by atoms with E-state index in [4.69, 9.17) is 19.9 Å². The second kappa shape index (κ2) is 10.9. The van der Waals surface area contributed by atoms with Crippen LogP contribution in [0.5, 0.6) is 0 Å². The van der Waals surface area contributed by atoms with Crippen LogP contribution in [0.15, 0.2) is 158 Å². The highest BCUT2D eigenvalue weighted by Gasteiger charge is 2.21. The summed E-state index contributed by atoms with van der Waals surface area (Å²) in [5.41, 5.74) is 8.29. The average Bonchev–Trinajstić information content (AvgIpc) is 3.86. The molecule has 11 rings (SSSR count). The average molecular weight is 671 g/mol. The second-order valence-electron chi connectivity index (χ2n) is 12.7. The molecule has 11 aromatic rings. The summed E-state index contributed by atoms with van der Waals surface area (Å²) in [6.45, 7) is 0. The summed E-state index contributed by atoms with van der Waals surface area (Å²) in [5.74, 6) is 1.84. The molecule has 0 unspecified atom stereocenters. The van der Waals surface area contributed by atoms with Crippen molar-refractivity contribution in [1.82, 2.24) is 29.1 Å². The van der Waals surface area contributed by atoms with E-state index in [1.807, 2.05) is 78.2 Å². The lowest BCUT2D eigenvalue weighted by atomic mass is 10.1. The van der Waals surface area contributed by atoms with E-state index in [2.05, 4.69) is 100 Å². The van der Waals surface area contributed by atoms with Crippen molar-refractivity contribution >= 4 is 75.3 Å². The van der Waals surface area contributed by atoms with Gasteiger partial charge in [-0.05, 0) is 36.4 Å². The van der Waals surface area contributed by atoms with E-state index in [1.165, 1.54) is 20.2 Å². The van der Waals surface area contributed by atoms with Gasteiger partial charge in [-0.15, -0.1) is 11.3 Å². The summed E-state index contributed by atoms with van der Waals surface area (Å²) < 4.78 is 7.07. The molecule has 0 aliphatic carbocycles. The first-order chi connectivity index (χ1) is 25.3. The monoisotopic (exact) mass is 670 g/mol. The van der Waals surface area contributed by atoms with Crippen molar-refractivity contribution in [1.29, 1.82) is 0 Å². The summed E-state index contributed by atoms with van der Waals surface area (Å²) in [5, 5.41) is 5.81. The Labute approximate surface area is 295 Å². The third kappa shape index (κ3) is 4.22. The van der Waals surface area contributed by atoms with Crippen molar-refractivity contribution < 1.29 is 0 Å². The summed E-state index contributed by atoms with van der Waals surface area (Å²) in [7, 11) is 0. The molecular weight excluding hydrogens is 645 g/mol. The van der Waals surface area contributed by atoms with Gasteiger partial charge in [-0.2, -0.15) is 9.97 Å². The molecule has 5 aromatic heterocycles. The van der Waals surface area contributed by atoms with E-state index in [1.54, 1.807) is 0 Å². The molecule has 0 fully saturated rings. The molecule has 5 heterocycles. The Morgan fingerprint density at radius 2 is 1.04 bits per heavy atom. The number of nitrogens with zero attached hydrogens (tertiary/aromatic N) is 6. The number of aromatic nitrogens is 6. The fraction of sp³-hybridized carbons (Fsp3) is 0. The molecular formula is C44H26N6S. The molecule has 0 spiro atoms. The number of pyridine rings is 1. The van der Waals surface area contributed by atoms with Crippen molar-refractivity contribution in [3.8, 4) is 34.4 Å². The van der Waals surface area contributed by atoms with Gasteiger partial charge in [0.25, 0.3) is 0 Å². The summed E-state index contributed by atoms with van der Waals surface area (Å²) in [4.78, 5) is 20.3. The van der Waals surface area contributed by atoms with E-state index < -0.39 is 0 Å². The number of rotatable bonds is 4. The first-order valence-corrected chi connectivity index (χ1v) is 17.7. The van der Waals surface area contributed by atoms with Crippen LogP contribution in [0.2, 0.25) is 0 Å². The predicted octanol–water partition coefficient (Wildman–Crippen LogP) is 11.2. The van der Waals surface area contributed by atoms with Gasteiger partial charge < -0.3 is 4.57 Å². The standard InChI is InChI=1S/C44H26N6S/c1-3-13-27(14-4-1)42-46-43(28-15-5-2-6-16-28)48-44(47-42)50-35-20-10-7-17-30(35)33-25-29(23-24-37(33)50)49-36-21-11-8-19-32(36)39-40(49)41-34(26-45-39)31-18-9-12-22-38(31)51-41/h1-26H. The van der Waals surface area contributed by atoms with Gasteiger partial charge in [0.1, 0.15) is 0 Å². The van der Waals surface area contributed by atoms with E-state index in [0.29, 0.717) is 17.6 Å². The first-order valence-electron chi connectivity index (χ1n) is 16.9. The molecule has 0 aliphatic heterocycles. The number of fused-ring (bicyclic) bond motifs is 10. The molecule has 0 aliphatic rings. The van der Waals surface area contributed by atoms with Crippen molar-refractivity contribution in [3.63, 3.8) is 0 Å². The molecule has 0 saturated carbocycles. The van der Waals surface area contributed by atoms with Crippen molar-refractivity contribution in [2.24, 2.45) is 0 Å². The number of hydrogen-bond donors (Lipinski definition) is 0. The van der Waals surface area contributed by atoms with Crippen molar-refractivity contribution in [2.75, 3.05) is 0 Å².